The van der Waals surface area contributed by atoms with E-state index in [1.807, 2.05) is 35.3 Å². The Balaban J connectivity index is 1.80. The molecule has 0 radical (unpaired) electrons. The zero-order valence-electron chi connectivity index (χ0n) is 11.5. The van der Waals surface area contributed by atoms with Gasteiger partial charge in [0.05, 0.1) is 0 Å². The van der Waals surface area contributed by atoms with Crippen LogP contribution in [0.4, 0.5) is 0 Å². The molecule has 0 aromatic heterocycles. The Morgan fingerprint density at radius 3 is 1.00 bits per heavy atom. The number of rotatable bonds is 0. The third-order valence-electron chi connectivity index (χ3n) is 4.60. The molecule has 0 bridgehead atoms. The van der Waals surface area contributed by atoms with Gasteiger partial charge in [-0.3, -0.25) is 0 Å². The fourth-order valence-corrected chi connectivity index (χ4v) is 7.56. The van der Waals surface area contributed by atoms with Crippen LogP contribution in [-0.4, -0.2) is 6.71 Å². The molecule has 0 spiro atoms. The van der Waals surface area contributed by atoms with Crippen LogP contribution in [0.3, 0.4) is 0 Å². The van der Waals surface area contributed by atoms with Gasteiger partial charge < -0.3 is 0 Å². The molecule has 3 aliphatic rings. The summed E-state index contributed by atoms with van der Waals surface area (Å²) in [6.07, 6.45) is 0. The number of hydrogen-bond acceptors (Lipinski definition) is 3. The average Bonchev–Trinajstić information content (AvgIpc) is 2.55. The van der Waals surface area contributed by atoms with Crippen molar-refractivity contribution in [2.24, 2.45) is 0 Å². The molecule has 6 rings (SSSR count). The summed E-state index contributed by atoms with van der Waals surface area (Å²) in [6.45, 7) is 0.437. The maximum absolute atomic E-state index is 2.29. The summed E-state index contributed by atoms with van der Waals surface area (Å²) in [6, 6.07) is 20.3. The second kappa shape index (κ2) is 4.19. The molecular formula is C18H9BS3. The SMILES string of the molecule is c1cc2c3c(c1)Sc1cccc4c1B3c1c(cccc1S4)S2. The number of benzene rings is 3. The zero-order valence-corrected chi connectivity index (χ0v) is 13.9. The van der Waals surface area contributed by atoms with Gasteiger partial charge in [-0.15, -0.1) is 0 Å². The third kappa shape index (κ3) is 1.41. The van der Waals surface area contributed by atoms with Crippen molar-refractivity contribution in [2.75, 3.05) is 0 Å². The molecule has 102 valence electrons. The Labute approximate surface area is 142 Å². The summed E-state index contributed by atoms with van der Waals surface area (Å²) >= 11 is 5.82. The predicted octanol–water partition coefficient (Wildman–Crippen LogP) is 3.60. The molecule has 0 nitrogen and oxygen atoms in total. The predicted molar refractivity (Wildman–Crippen MR) is 96.4 cm³/mol. The molecule has 3 aromatic rings. The summed E-state index contributed by atoms with van der Waals surface area (Å²) in [7, 11) is 0. The summed E-state index contributed by atoms with van der Waals surface area (Å²) in [5.41, 5.74) is 4.62. The van der Waals surface area contributed by atoms with Crippen molar-refractivity contribution in [1.82, 2.24) is 0 Å². The van der Waals surface area contributed by atoms with Gasteiger partial charge in [-0.25, -0.2) is 0 Å². The second-order valence-corrected chi connectivity index (χ2v) is 8.99. The Hall–Kier alpha value is -1.23. The van der Waals surface area contributed by atoms with Gasteiger partial charge in [0, 0.05) is 29.4 Å². The molecule has 3 aromatic carbocycles. The van der Waals surface area contributed by atoms with Crippen molar-refractivity contribution in [3.8, 4) is 0 Å². The monoisotopic (exact) mass is 332 g/mol. The van der Waals surface area contributed by atoms with Gasteiger partial charge in [0.1, 0.15) is 0 Å². The Kier molecular flexibility index (Phi) is 2.33. The summed E-state index contributed by atoms with van der Waals surface area (Å²) in [5, 5.41) is 0. The van der Waals surface area contributed by atoms with E-state index >= 15 is 0 Å². The first-order valence-corrected chi connectivity index (χ1v) is 9.77. The van der Waals surface area contributed by atoms with Gasteiger partial charge in [-0.05, 0) is 52.8 Å². The average molecular weight is 332 g/mol. The van der Waals surface area contributed by atoms with Crippen LogP contribution >= 0.6 is 35.3 Å². The normalized spacial score (nSPS) is 15.5. The van der Waals surface area contributed by atoms with Gasteiger partial charge >= 0.3 is 0 Å². The lowest BCUT2D eigenvalue weighted by Gasteiger charge is -2.37. The second-order valence-electron chi connectivity index (χ2n) is 5.74. The van der Waals surface area contributed by atoms with Gasteiger partial charge in [0.15, 0.2) is 0 Å². The Morgan fingerprint density at radius 2 is 0.727 bits per heavy atom. The summed E-state index contributed by atoms with van der Waals surface area (Å²) in [4.78, 5) is 8.62. The van der Waals surface area contributed by atoms with E-state index in [2.05, 4.69) is 54.6 Å². The minimum absolute atomic E-state index is 0.437. The van der Waals surface area contributed by atoms with Crippen molar-refractivity contribution in [2.45, 2.75) is 29.4 Å². The first kappa shape index (κ1) is 12.2. The standard InChI is InChI=1S/C18H9BS3/c1-4-10-16-11(5-1)21-13-7-3-9-15-18(13)19(16)17-12(20-10)6-2-8-14(17)22-15/h1-9H. The Morgan fingerprint density at radius 1 is 0.455 bits per heavy atom. The van der Waals surface area contributed by atoms with E-state index < -0.39 is 0 Å². The van der Waals surface area contributed by atoms with Gasteiger partial charge in [0.2, 0.25) is 6.71 Å². The minimum atomic E-state index is 0.437. The van der Waals surface area contributed by atoms with Crippen molar-refractivity contribution < 1.29 is 0 Å². The molecule has 0 amide bonds. The molecule has 4 heteroatoms. The highest BCUT2D eigenvalue weighted by molar-refractivity contribution is 8.02. The van der Waals surface area contributed by atoms with Crippen LogP contribution in [0.25, 0.3) is 0 Å². The fourth-order valence-electron chi connectivity index (χ4n) is 3.75. The lowest BCUT2D eigenvalue weighted by Crippen LogP contribution is -2.60. The molecule has 0 unspecified atom stereocenters. The van der Waals surface area contributed by atoms with Gasteiger partial charge in [-0.2, -0.15) is 0 Å². The van der Waals surface area contributed by atoms with E-state index in [1.54, 1.807) is 0 Å². The van der Waals surface area contributed by atoms with Crippen molar-refractivity contribution in [1.29, 1.82) is 0 Å². The molecule has 22 heavy (non-hydrogen) atoms. The van der Waals surface area contributed by atoms with Crippen molar-refractivity contribution in [3.63, 3.8) is 0 Å². The first-order valence-electron chi connectivity index (χ1n) is 7.32. The molecule has 0 saturated heterocycles. The van der Waals surface area contributed by atoms with E-state index in [0.717, 1.165) is 0 Å². The van der Waals surface area contributed by atoms with E-state index in [-0.39, 0.29) is 0 Å². The van der Waals surface area contributed by atoms with Gasteiger partial charge in [0.25, 0.3) is 0 Å². The highest BCUT2D eigenvalue weighted by atomic mass is 32.2. The van der Waals surface area contributed by atoms with Gasteiger partial charge in [-0.1, -0.05) is 53.5 Å². The molecule has 0 fully saturated rings. The fraction of sp³-hybridized carbons (Fsp3) is 0. The highest BCUT2D eigenvalue weighted by Crippen LogP contribution is 2.44. The summed E-state index contributed by atoms with van der Waals surface area (Å²) in [5.74, 6) is 0. The topological polar surface area (TPSA) is 0 Å². The van der Waals surface area contributed by atoms with Crippen molar-refractivity contribution in [3.05, 3.63) is 54.6 Å². The molecule has 0 saturated carbocycles. The smallest absolute Gasteiger partial charge is 0.0911 e. The van der Waals surface area contributed by atoms with Crippen LogP contribution in [0.15, 0.2) is 84.0 Å². The van der Waals surface area contributed by atoms with Crippen LogP contribution in [0.1, 0.15) is 0 Å². The molecule has 3 heterocycles. The molecule has 3 aliphatic heterocycles. The maximum Gasteiger partial charge on any atom is 0.250 e. The summed E-state index contributed by atoms with van der Waals surface area (Å²) < 4.78 is 0. The largest absolute Gasteiger partial charge is 0.250 e. The molecular weight excluding hydrogens is 323 g/mol. The van der Waals surface area contributed by atoms with Crippen LogP contribution in [-0.2, 0) is 0 Å². The molecule has 0 atom stereocenters. The maximum atomic E-state index is 2.29. The first-order chi connectivity index (χ1) is 10.9. The highest BCUT2D eigenvalue weighted by Gasteiger charge is 2.42. The van der Waals surface area contributed by atoms with E-state index in [0.29, 0.717) is 6.71 Å². The van der Waals surface area contributed by atoms with Crippen LogP contribution < -0.4 is 16.4 Å². The lowest BCUT2D eigenvalue weighted by atomic mass is 9.36. The zero-order chi connectivity index (χ0) is 14.3. The van der Waals surface area contributed by atoms with Crippen LogP contribution in [0, 0.1) is 0 Å². The van der Waals surface area contributed by atoms with Crippen molar-refractivity contribution >= 4 is 58.4 Å². The van der Waals surface area contributed by atoms with E-state index in [1.165, 1.54) is 45.8 Å². The number of hydrogen-bond donors (Lipinski definition) is 0. The Bertz CT molecular complexity index is 792. The quantitative estimate of drug-likeness (QED) is 0.390. The van der Waals surface area contributed by atoms with E-state index in [9.17, 15) is 0 Å². The van der Waals surface area contributed by atoms with Crippen LogP contribution in [0.5, 0.6) is 0 Å². The van der Waals surface area contributed by atoms with Crippen LogP contribution in [0.2, 0.25) is 0 Å². The third-order valence-corrected chi connectivity index (χ3v) is 8.06. The molecule has 0 N–H and O–H groups in total. The van der Waals surface area contributed by atoms with E-state index in [4.69, 9.17) is 0 Å². The minimum Gasteiger partial charge on any atom is -0.0911 e. The lowest BCUT2D eigenvalue weighted by molar-refractivity contribution is 1.27. The molecule has 0 aliphatic carbocycles.